The molecule has 0 radical (unpaired) electrons. The average molecular weight is 312 g/mol. The first-order chi connectivity index (χ1) is 11.3. The molecule has 1 aromatic rings. The molecule has 0 spiro atoms. The Kier molecular flexibility index (Phi) is 4.28. The van der Waals surface area contributed by atoms with Crippen LogP contribution in [0.25, 0.3) is 0 Å². The maximum absolute atomic E-state index is 12.8. The fraction of sp³-hybridized carbons (Fsp3) is 0.650. The second kappa shape index (κ2) is 6.54. The zero-order valence-electron chi connectivity index (χ0n) is 14.1. The van der Waals surface area contributed by atoms with Crippen LogP contribution >= 0.6 is 0 Å². The molecule has 0 unspecified atom stereocenters. The van der Waals surface area contributed by atoms with Gasteiger partial charge in [-0.15, -0.1) is 0 Å². The van der Waals surface area contributed by atoms with Gasteiger partial charge in [0.15, 0.2) is 0 Å². The predicted molar refractivity (Wildman–Crippen MR) is 93.6 cm³/mol. The van der Waals surface area contributed by atoms with Gasteiger partial charge in [-0.1, -0.05) is 25.3 Å². The van der Waals surface area contributed by atoms with Crippen molar-refractivity contribution >= 4 is 11.6 Å². The van der Waals surface area contributed by atoms with Gasteiger partial charge in [0, 0.05) is 37.8 Å². The standard InChI is InChI=1S/C20H28N2O/c23-20(16-6-2-1-3-7-16)22-13-10-17-14-19(9-8-18(17)15-22)21-11-4-5-12-21/h8-9,14,16H,1-7,10-13,15H2. The van der Waals surface area contributed by atoms with Crippen LogP contribution in [-0.4, -0.2) is 30.4 Å². The molecule has 4 rings (SSSR count). The van der Waals surface area contributed by atoms with Gasteiger partial charge in [-0.25, -0.2) is 0 Å². The lowest BCUT2D eigenvalue weighted by atomic mass is 9.87. The average Bonchev–Trinajstić information content (AvgIpc) is 3.15. The smallest absolute Gasteiger partial charge is 0.225 e. The summed E-state index contributed by atoms with van der Waals surface area (Å²) >= 11 is 0. The molecule has 2 aliphatic heterocycles. The fourth-order valence-corrected chi connectivity index (χ4v) is 4.51. The Bertz CT molecular complexity index is 571. The summed E-state index contributed by atoms with van der Waals surface area (Å²) in [6.45, 7) is 4.13. The summed E-state index contributed by atoms with van der Waals surface area (Å²) in [4.78, 5) is 17.4. The molecule has 3 nitrogen and oxygen atoms in total. The molecule has 1 aliphatic carbocycles. The van der Waals surface area contributed by atoms with E-state index in [0.717, 1.165) is 32.4 Å². The largest absolute Gasteiger partial charge is 0.372 e. The normalized spacial score (nSPS) is 22.3. The van der Waals surface area contributed by atoms with Crippen LogP contribution in [0.15, 0.2) is 18.2 Å². The molecule has 0 N–H and O–H groups in total. The number of hydrogen-bond donors (Lipinski definition) is 0. The third-order valence-corrected chi connectivity index (χ3v) is 5.94. The van der Waals surface area contributed by atoms with Crippen LogP contribution in [0.1, 0.15) is 56.1 Å². The Morgan fingerprint density at radius 1 is 0.913 bits per heavy atom. The van der Waals surface area contributed by atoms with E-state index in [1.165, 1.54) is 62.0 Å². The molecule has 3 heteroatoms. The van der Waals surface area contributed by atoms with Crippen LogP contribution in [0.2, 0.25) is 0 Å². The lowest BCUT2D eigenvalue weighted by Crippen LogP contribution is -2.40. The number of benzene rings is 1. The third-order valence-electron chi connectivity index (χ3n) is 5.94. The van der Waals surface area contributed by atoms with Crippen molar-refractivity contribution in [2.75, 3.05) is 24.5 Å². The Balaban J connectivity index is 1.45. The number of hydrogen-bond acceptors (Lipinski definition) is 2. The molecule has 23 heavy (non-hydrogen) atoms. The van der Waals surface area contributed by atoms with Gasteiger partial charge in [0.2, 0.25) is 5.91 Å². The van der Waals surface area contributed by atoms with E-state index in [1.54, 1.807) is 0 Å². The molecule has 0 atom stereocenters. The molecular formula is C20H28N2O. The summed E-state index contributed by atoms with van der Waals surface area (Å²) in [6, 6.07) is 6.91. The first-order valence-electron chi connectivity index (χ1n) is 9.47. The van der Waals surface area contributed by atoms with Crippen LogP contribution in [0.3, 0.4) is 0 Å². The zero-order chi connectivity index (χ0) is 15.6. The van der Waals surface area contributed by atoms with E-state index < -0.39 is 0 Å². The zero-order valence-corrected chi connectivity index (χ0v) is 14.1. The summed E-state index contributed by atoms with van der Waals surface area (Å²) in [5, 5.41) is 0. The van der Waals surface area contributed by atoms with Crippen LogP contribution in [-0.2, 0) is 17.8 Å². The van der Waals surface area contributed by atoms with Gasteiger partial charge in [0.25, 0.3) is 0 Å². The fourth-order valence-electron chi connectivity index (χ4n) is 4.51. The molecule has 1 saturated heterocycles. The minimum Gasteiger partial charge on any atom is -0.372 e. The Labute approximate surface area is 139 Å². The molecule has 3 aliphatic rings. The molecule has 2 heterocycles. The van der Waals surface area contributed by atoms with Crippen molar-refractivity contribution in [1.82, 2.24) is 4.90 Å². The first kappa shape index (κ1) is 15.0. The van der Waals surface area contributed by atoms with Gasteiger partial charge in [0.1, 0.15) is 0 Å². The van der Waals surface area contributed by atoms with E-state index in [9.17, 15) is 4.79 Å². The highest BCUT2D eigenvalue weighted by molar-refractivity contribution is 5.79. The Morgan fingerprint density at radius 3 is 2.48 bits per heavy atom. The molecule has 1 aromatic carbocycles. The summed E-state index contributed by atoms with van der Waals surface area (Å²) in [5.41, 5.74) is 4.21. The minimum atomic E-state index is 0.300. The van der Waals surface area contributed by atoms with Crippen LogP contribution in [0.5, 0.6) is 0 Å². The Hall–Kier alpha value is -1.51. The summed E-state index contributed by atoms with van der Waals surface area (Å²) in [7, 11) is 0. The number of nitrogens with zero attached hydrogens (tertiary/aromatic N) is 2. The predicted octanol–water partition coefficient (Wildman–Crippen LogP) is 3.75. The molecule has 124 valence electrons. The van der Waals surface area contributed by atoms with Gasteiger partial charge in [-0.2, -0.15) is 0 Å². The summed E-state index contributed by atoms with van der Waals surface area (Å²) in [5.74, 6) is 0.716. The van der Waals surface area contributed by atoms with Crippen molar-refractivity contribution in [2.24, 2.45) is 5.92 Å². The first-order valence-corrected chi connectivity index (χ1v) is 9.47. The van der Waals surface area contributed by atoms with Crippen LogP contribution < -0.4 is 4.90 Å². The van der Waals surface area contributed by atoms with Crippen molar-refractivity contribution in [2.45, 2.75) is 57.9 Å². The monoisotopic (exact) mass is 312 g/mol. The molecular weight excluding hydrogens is 284 g/mol. The molecule has 1 saturated carbocycles. The number of fused-ring (bicyclic) bond motifs is 1. The molecule has 2 fully saturated rings. The number of rotatable bonds is 2. The number of carbonyl (C=O) groups excluding carboxylic acids is 1. The van der Waals surface area contributed by atoms with Crippen molar-refractivity contribution in [1.29, 1.82) is 0 Å². The second-order valence-corrected chi connectivity index (χ2v) is 7.49. The van der Waals surface area contributed by atoms with Crippen LogP contribution in [0.4, 0.5) is 5.69 Å². The van der Waals surface area contributed by atoms with Crippen LogP contribution in [0, 0.1) is 5.92 Å². The second-order valence-electron chi connectivity index (χ2n) is 7.49. The van der Waals surface area contributed by atoms with E-state index in [2.05, 4.69) is 28.0 Å². The van der Waals surface area contributed by atoms with Crippen molar-refractivity contribution in [3.8, 4) is 0 Å². The van der Waals surface area contributed by atoms with E-state index in [0.29, 0.717) is 11.8 Å². The van der Waals surface area contributed by atoms with Gasteiger partial charge in [0.05, 0.1) is 0 Å². The Morgan fingerprint density at radius 2 is 1.70 bits per heavy atom. The lowest BCUT2D eigenvalue weighted by molar-refractivity contribution is -0.137. The number of amides is 1. The van der Waals surface area contributed by atoms with E-state index in [4.69, 9.17) is 0 Å². The summed E-state index contributed by atoms with van der Waals surface area (Å²) in [6.07, 6.45) is 9.66. The summed E-state index contributed by atoms with van der Waals surface area (Å²) < 4.78 is 0. The van der Waals surface area contributed by atoms with Gasteiger partial charge >= 0.3 is 0 Å². The van der Waals surface area contributed by atoms with E-state index in [1.807, 2.05) is 0 Å². The molecule has 1 amide bonds. The quantitative estimate of drug-likeness (QED) is 0.830. The SMILES string of the molecule is O=C(C1CCCCC1)N1CCc2cc(N3CCCC3)ccc2C1. The molecule has 0 aromatic heterocycles. The topological polar surface area (TPSA) is 23.6 Å². The highest BCUT2D eigenvalue weighted by Gasteiger charge is 2.28. The van der Waals surface area contributed by atoms with Crippen molar-refractivity contribution in [3.05, 3.63) is 29.3 Å². The van der Waals surface area contributed by atoms with Gasteiger partial charge < -0.3 is 9.80 Å². The lowest BCUT2D eigenvalue weighted by Gasteiger charge is -2.33. The van der Waals surface area contributed by atoms with Gasteiger partial charge in [-0.3, -0.25) is 4.79 Å². The minimum absolute atomic E-state index is 0.300. The van der Waals surface area contributed by atoms with E-state index in [-0.39, 0.29) is 0 Å². The highest BCUT2D eigenvalue weighted by Crippen LogP contribution is 2.30. The van der Waals surface area contributed by atoms with Crippen molar-refractivity contribution < 1.29 is 4.79 Å². The maximum Gasteiger partial charge on any atom is 0.225 e. The van der Waals surface area contributed by atoms with Crippen molar-refractivity contribution in [3.63, 3.8) is 0 Å². The number of anilines is 1. The number of carbonyl (C=O) groups is 1. The van der Waals surface area contributed by atoms with E-state index >= 15 is 0 Å². The third kappa shape index (κ3) is 3.11. The maximum atomic E-state index is 12.8. The highest BCUT2D eigenvalue weighted by atomic mass is 16.2. The van der Waals surface area contributed by atoms with Gasteiger partial charge in [-0.05, 0) is 55.4 Å². The molecule has 0 bridgehead atoms.